The van der Waals surface area contributed by atoms with Crippen molar-refractivity contribution in [1.82, 2.24) is 5.32 Å². The maximum Gasteiger partial charge on any atom is 0.255 e. The van der Waals surface area contributed by atoms with Crippen LogP contribution in [0.4, 0.5) is 0 Å². The average molecular weight is 289 g/mol. The number of furan rings is 1. The molecule has 1 atom stereocenters. The van der Waals surface area contributed by atoms with Crippen LogP contribution in [0.2, 0.25) is 0 Å². The van der Waals surface area contributed by atoms with Crippen LogP contribution in [0, 0.1) is 6.92 Å². The number of methoxy groups -OCH3 is 1. The van der Waals surface area contributed by atoms with Crippen molar-refractivity contribution in [2.75, 3.05) is 20.3 Å². The van der Waals surface area contributed by atoms with Gasteiger partial charge in [0.1, 0.15) is 17.1 Å². The van der Waals surface area contributed by atoms with Gasteiger partial charge in [0.25, 0.3) is 5.91 Å². The molecule has 1 aliphatic rings. The van der Waals surface area contributed by atoms with Gasteiger partial charge < -0.3 is 19.2 Å². The van der Waals surface area contributed by atoms with E-state index in [0.717, 1.165) is 24.8 Å². The first-order valence-corrected chi connectivity index (χ1v) is 7.16. The van der Waals surface area contributed by atoms with E-state index < -0.39 is 0 Å². The number of fused-ring (bicyclic) bond motifs is 1. The second-order valence-corrected chi connectivity index (χ2v) is 5.24. The molecule has 3 rings (SSSR count). The highest BCUT2D eigenvalue weighted by molar-refractivity contribution is 6.07. The number of aryl methyl sites for hydroxylation is 1. The van der Waals surface area contributed by atoms with Crippen molar-refractivity contribution in [3.05, 3.63) is 29.5 Å². The molecule has 2 heterocycles. The molecule has 0 aliphatic carbocycles. The Morgan fingerprint density at radius 3 is 3.05 bits per heavy atom. The topological polar surface area (TPSA) is 60.7 Å². The van der Waals surface area contributed by atoms with Crippen LogP contribution >= 0.6 is 0 Å². The lowest BCUT2D eigenvalue weighted by Gasteiger charge is -2.10. The molecule has 1 amide bonds. The summed E-state index contributed by atoms with van der Waals surface area (Å²) >= 11 is 0. The highest BCUT2D eigenvalue weighted by atomic mass is 16.5. The maximum absolute atomic E-state index is 12.4. The largest absolute Gasteiger partial charge is 0.497 e. The number of carbonyl (C=O) groups excluding carboxylic acids is 1. The zero-order chi connectivity index (χ0) is 14.8. The first kappa shape index (κ1) is 13.9. The number of amides is 1. The number of nitrogens with one attached hydrogen (secondary N) is 1. The lowest BCUT2D eigenvalue weighted by Crippen LogP contribution is -2.31. The smallest absolute Gasteiger partial charge is 0.255 e. The second kappa shape index (κ2) is 5.77. The third-order valence-corrected chi connectivity index (χ3v) is 3.81. The number of hydrogen-bond donors (Lipinski definition) is 1. The van der Waals surface area contributed by atoms with E-state index in [2.05, 4.69) is 5.32 Å². The quantitative estimate of drug-likeness (QED) is 0.940. The maximum atomic E-state index is 12.4. The van der Waals surface area contributed by atoms with Crippen LogP contribution in [-0.4, -0.2) is 32.3 Å². The Labute approximate surface area is 123 Å². The van der Waals surface area contributed by atoms with Crippen LogP contribution in [-0.2, 0) is 4.74 Å². The summed E-state index contributed by atoms with van der Waals surface area (Å²) in [6.45, 7) is 3.12. The van der Waals surface area contributed by atoms with E-state index in [1.165, 1.54) is 0 Å². The number of carbonyl (C=O) groups is 1. The zero-order valence-electron chi connectivity index (χ0n) is 12.3. The number of benzene rings is 1. The molecule has 1 aliphatic heterocycles. The molecule has 1 N–H and O–H groups in total. The van der Waals surface area contributed by atoms with Crippen molar-refractivity contribution < 1.29 is 18.7 Å². The van der Waals surface area contributed by atoms with E-state index in [1.54, 1.807) is 14.0 Å². The Kier molecular flexibility index (Phi) is 3.84. The number of hydrogen-bond acceptors (Lipinski definition) is 4. The number of rotatable bonds is 4. The Hall–Kier alpha value is -2.01. The summed E-state index contributed by atoms with van der Waals surface area (Å²) in [7, 11) is 1.60. The summed E-state index contributed by atoms with van der Waals surface area (Å²) < 4.78 is 16.4. The van der Waals surface area contributed by atoms with Crippen molar-refractivity contribution in [1.29, 1.82) is 0 Å². The fraction of sp³-hybridized carbons (Fsp3) is 0.438. The molecule has 0 spiro atoms. The molecule has 21 heavy (non-hydrogen) atoms. The number of ether oxygens (including phenoxy) is 2. The van der Waals surface area contributed by atoms with Gasteiger partial charge in [0.2, 0.25) is 0 Å². The summed E-state index contributed by atoms with van der Waals surface area (Å²) in [6.07, 6.45) is 2.19. The second-order valence-electron chi connectivity index (χ2n) is 5.24. The Bertz CT molecular complexity index is 656. The molecule has 1 saturated heterocycles. The van der Waals surface area contributed by atoms with Gasteiger partial charge in [-0.2, -0.15) is 0 Å². The van der Waals surface area contributed by atoms with Gasteiger partial charge in [-0.3, -0.25) is 4.79 Å². The summed E-state index contributed by atoms with van der Waals surface area (Å²) in [5, 5.41) is 3.71. The van der Waals surface area contributed by atoms with Crippen molar-refractivity contribution in [2.24, 2.45) is 0 Å². The van der Waals surface area contributed by atoms with Crippen LogP contribution in [0.1, 0.15) is 29.0 Å². The summed E-state index contributed by atoms with van der Waals surface area (Å²) in [5.74, 6) is 1.19. The molecule has 1 aromatic carbocycles. The summed E-state index contributed by atoms with van der Waals surface area (Å²) in [6, 6.07) is 5.46. The van der Waals surface area contributed by atoms with E-state index in [-0.39, 0.29) is 12.0 Å². The fourth-order valence-corrected chi connectivity index (χ4v) is 2.71. The molecule has 112 valence electrons. The van der Waals surface area contributed by atoms with Gasteiger partial charge in [-0.15, -0.1) is 0 Å². The molecule has 0 radical (unpaired) electrons. The average Bonchev–Trinajstić information content (AvgIpc) is 3.10. The first-order chi connectivity index (χ1) is 10.2. The molecule has 5 heteroatoms. The predicted octanol–water partition coefficient (Wildman–Crippen LogP) is 2.66. The van der Waals surface area contributed by atoms with Crippen molar-refractivity contribution in [3.8, 4) is 5.75 Å². The standard InChI is InChI=1S/C16H19NO4/c1-10-15(16(18)17-9-12-4-3-7-20-12)13-8-11(19-2)5-6-14(13)21-10/h5-6,8,12H,3-4,7,9H2,1-2H3,(H,17,18). The molecule has 1 fully saturated rings. The van der Waals surface area contributed by atoms with Gasteiger partial charge in [-0.1, -0.05) is 0 Å². The van der Waals surface area contributed by atoms with Gasteiger partial charge in [0, 0.05) is 18.5 Å². The SMILES string of the molecule is COc1ccc2oc(C)c(C(=O)NCC3CCCO3)c2c1. The minimum Gasteiger partial charge on any atom is -0.497 e. The predicted molar refractivity (Wildman–Crippen MR) is 78.8 cm³/mol. The first-order valence-electron chi connectivity index (χ1n) is 7.16. The van der Waals surface area contributed by atoms with Crippen LogP contribution in [0.25, 0.3) is 11.0 Å². The minimum atomic E-state index is -0.130. The van der Waals surface area contributed by atoms with E-state index in [1.807, 2.05) is 18.2 Å². The molecular formula is C16H19NO4. The van der Waals surface area contributed by atoms with Crippen LogP contribution in [0.15, 0.2) is 22.6 Å². The van der Waals surface area contributed by atoms with Crippen LogP contribution in [0.3, 0.4) is 0 Å². The molecule has 0 bridgehead atoms. The van der Waals surface area contributed by atoms with Crippen molar-refractivity contribution >= 4 is 16.9 Å². The van der Waals surface area contributed by atoms with Crippen molar-refractivity contribution in [2.45, 2.75) is 25.9 Å². The normalized spacial score (nSPS) is 18.1. The Morgan fingerprint density at radius 2 is 2.33 bits per heavy atom. The van der Waals surface area contributed by atoms with E-state index in [4.69, 9.17) is 13.9 Å². The molecule has 1 aromatic heterocycles. The molecule has 1 unspecified atom stereocenters. The van der Waals surface area contributed by atoms with Crippen LogP contribution < -0.4 is 10.1 Å². The third kappa shape index (κ3) is 2.74. The van der Waals surface area contributed by atoms with E-state index >= 15 is 0 Å². The van der Waals surface area contributed by atoms with Gasteiger partial charge >= 0.3 is 0 Å². The minimum absolute atomic E-state index is 0.127. The molecule has 2 aromatic rings. The zero-order valence-corrected chi connectivity index (χ0v) is 12.3. The van der Waals surface area contributed by atoms with E-state index in [9.17, 15) is 4.79 Å². The van der Waals surface area contributed by atoms with E-state index in [0.29, 0.717) is 29.2 Å². The monoisotopic (exact) mass is 289 g/mol. The van der Waals surface area contributed by atoms with Crippen molar-refractivity contribution in [3.63, 3.8) is 0 Å². The summed E-state index contributed by atoms with van der Waals surface area (Å²) in [4.78, 5) is 12.4. The lowest BCUT2D eigenvalue weighted by atomic mass is 10.1. The third-order valence-electron chi connectivity index (χ3n) is 3.81. The lowest BCUT2D eigenvalue weighted by molar-refractivity contribution is 0.0857. The highest BCUT2D eigenvalue weighted by Crippen LogP contribution is 2.29. The van der Waals surface area contributed by atoms with Crippen LogP contribution in [0.5, 0.6) is 5.75 Å². The highest BCUT2D eigenvalue weighted by Gasteiger charge is 2.21. The summed E-state index contributed by atoms with van der Waals surface area (Å²) in [5.41, 5.74) is 1.26. The van der Waals surface area contributed by atoms with Gasteiger partial charge in [-0.25, -0.2) is 0 Å². The fourth-order valence-electron chi connectivity index (χ4n) is 2.71. The molecule has 0 saturated carbocycles. The van der Waals surface area contributed by atoms with Gasteiger partial charge in [-0.05, 0) is 38.0 Å². The van der Waals surface area contributed by atoms with Gasteiger partial charge in [0.05, 0.1) is 18.8 Å². The van der Waals surface area contributed by atoms with Gasteiger partial charge in [0.15, 0.2) is 0 Å². The molecule has 5 nitrogen and oxygen atoms in total. The molecular weight excluding hydrogens is 270 g/mol. The Morgan fingerprint density at radius 1 is 1.48 bits per heavy atom. The Balaban J connectivity index is 1.83.